The third-order valence-electron chi connectivity index (χ3n) is 3.11. The molecule has 0 bridgehead atoms. The van der Waals surface area contributed by atoms with E-state index >= 15 is 0 Å². The zero-order chi connectivity index (χ0) is 12.1. The van der Waals surface area contributed by atoms with Gasteiger partial charge in [-0.3, -0.25) is 4.90 Å². The van der Waals surface area contributed by atoms with Gasteiger partial charge < -0.3 is 4.74 Å². The Morgan fingerprint density at radius 3 is 2.47 bits per heavy atom. The van der Waals surface area contributed by atoms with E-state index in [1.165, 1.54) is 35.9 Å². The van der Waals surface area contributed by atoms with Gasteiger partial charge in [-0.25, -0.2) is 0 Å². The number of hydrogen-bond acceptors (Lipinski definition) is 2. The molecule has 17 heavy (non-hydrogen) atoms. The quantitative estimate of drug-likeness (QED) is 0.774. The van der Waals surface area contributed by atoms with Crippen molar-refractivity contribution in [2.45, 2.75) is 32.3 Å². The average Bonchev–Trinajstić information content (AvgIpc) is 2.33. The normalized spacial score (nSPS) is 18.9. The van der Waals surface area contributed by atoms with Crippen LogP contribution in [0.4, 0.5) is 0 Å². The van der Waals surface area contributed by atoms with Crippen LogP contribution in [0.25, 0.3) is 0 Å². The lowest BCUT2D eigenvalue weighted by Crippen LogP contribution is -2.37. The van der Waals surface area contributed by atoms with Gasteiger partial charge in [-0.15, -0.1) is 0 Å². The summed E-state index contributed by atoms with van der Waals surface area (Å²) < 4.78 is 7.18. The van der Waals surface area contributed by atoms with Crippen LogP contribution in [0.15, 0.2) is 24.3 Å². The predicted molar refractivity (Wildman–Crippen MR) is 79.5 cm³/mol. The Morgan fingerprint density at radius 1 is 1.18 bits per heavy atom. The van der Waals surface area contributed by atoms with Gasteiger partial charge in [-0.2, -0.15) is 0 Å². The molecule has 0 amide bonds. The molecule has 1 aliphatic rings. The van der Waals surface area contributed by atoms with E-state index in [1.807, 2.05) is 0 Å². The minimum atomic E-state index is 0.271. The zero-order valence-electron chi connectivity index (χ0n) is 10.4. The maximum atomic E-state index is 5.93. The summed E-state index contributed by atoms with van der Waals surface area (Å²) in [5.41, 5.74) is 0. The Morgan fingerprint density at radius 2 is 1.82 bits per heavy atom. The Kier molecular flexibility index (Phi) is 5.10. The number of hydrogen-bond donors (Lipinski definition) is 0. The van der Waals surface area contributed by atoms with Crippen molar-refractivity contribution in [1.29, 1.82) is 0 Å². The van der Waals surface area contributed by atoms with E-state index in [4.69, 9.17) is 4.74 Å². The van der Waals surface area contributed by atoms with E-state index in [0.29, 0.717) is 0 Å². The van der Waals surface area contributed by atoms with E-state index < -0.39 is 0 Å². The number of halogens is 1. The molecule has 1 aliphatic heterocycles. The van der Waals surface area contributed by atoms with E-state index in [2.05, 4.69) is 58.7 Å². The van der Waals surface area contributed by atoms with Crippen molar-refractivity contribution in [3.8, 4) is 5.75 Å². The summed E-state index contributed by atoms with van der Waals surface area (Å²) in [5, 5.41) is 0. The van der Waals surface area contributed by atoms with Crippen LogP contribution in [-0.4, -0.2) is 30.6 Å². The summed E-state index contributed by atoms with van der Waals surface area (Å²) in [5.74, 6) is 0.981. The van der Waals surface area contributed by atoms with Crippen LogP contribution in [0.1, 0.15) is 26.2 Å². The summed E-state index contributed by atoms with van der Waals surface area (Å²) >= 11 is 2.31. The fraction of sp³-hybridized carbons (Fsp3) is 0.571. The van der Waals surface area contributed by atoms with Gasteiger partial charge in [0.25, 0.3) is 0 Å². The highest BCUT2D eigenvalue weighted by molar-refractivity contribution is 14.1. The molecule has 2 rings (SSSR count). The lowest BCUT2D eigenvalue weighted by atomic mass is 10.1. The molecule has 1 heterocycles. The largest absolute Gasteiger partial charge is 0.489 e. The minimum absolute atomic E-state index is 0.271. The highest BCUT2D eigenvalue weighted by Gasteiger charge is 2.14. The predicted octanol–water partition coefficient (Wildman–Crippen LogP) is 3.54. The van der Waals surface area contributed by atoms with Gasteiger partial charge in [0, 0.05) is 10.1 Å². The minimum Gasteiger partial charge on any atom is -0.489 e. The molecule has 94 valence electrons. The van der Waals surface area contributed by atoms with Crippen molar-refractivity contribution >= 4 is 22.6 Å². The average molecular weight is 345 g/mol. The lowest BCUT2D eigenvalue weighted by molar-refractivity contribution is 0.130. The number of piperidine rings is 1. The molecule has 1 unspecified atom stereocenters. The van der Waals surface area contributed by atoms with E-state index in [9.17, 15) is 0 Å². The molecular formula is C14H20INO. The van der Waals surface area contributed by atoms with E-state index in [0.717, 1.165) is 12.3 Å². The first kappa shape index (κ1) is 13.1. The fourth-order valence-electron chi connectivity index (χ4n) is 2.29. The zero-order valence-corrected chi connectivity index (χ0v) is 12.5. The first-order chi connectivity index (χ1) is 8.24. The first-order valence-electron chi connectivity index (χ1n) is 6.38. The Balaban J connectivity index is 1.79. The van der Waals surface area contributed by atoms with E-state index in [-0.39, 0.29) is 6.10 Å². The van der Waals surface area contributed by atoms with Crippen LogP contribution in [0, 0.1) is 3.57 Å². The van der Waals surface area contributed by atoms with Crippen molar-refractivity contribution in [1.82, 2.24) is 4.90 Å². The second-order valence-corrected chi connectivity index (χ2v) is 5.99. The summed E-state index contributed by atoms with van der Waals surface area (Å²) in [4.78, 5) is 2.51. The van der Waals surface area contributed by atoms with Gasteiger partial charge in [0.15, 0.2) is 0 Å². The third-order valence-corrected chi connectivity index (χ3v) is 3.83. The molecule has 1 atom stereocenters. The maximum absolute atomic E-state index is 5.93. The summed E-state index contributed by atoms with van der Waals surface area (Å²) in [6.07, 6.45) is 4.35. The van der Waals surface area contributed by atoms with Gasteiger partial charge in [-0.1, -0.05) is 6.42 Å². The standard InChI is InChI=1S/C14H20INO/c1-12(11-16-9-3-2-4-10-16)17-14-7-5-13(15)6-8-14/h5-8,12H,2-4,9-11H2,1H3. The van der Waals surface area contributed by atoms with Gasteiger partial charge in [0.2, 0.25) is 0 Å². The molecule has 0 saturated carbocycles. The highest BCUT2D eigenvalue weighted by atomic mass is 127. The molecule has 0 aromatic heterocycles. The van der Waals surface area contributed by atoms with Crippen molar-refractivity contribution in [2.24, 2.45) is 0 Å². The smallest absolute Gasteiger partial charge is 0.119 e. The summed E-state index contributed by atoms with van der Waals surface area (Å²) in [6.45, 7) is 5.68. The summed E-state index contributed by atoms with van der Waals surface area (Å²) in [6, 6.07) is 8.27. The molecule has 0 radical (unpaired) electrons. The molecule has 2 nitrogen and oxygen atoms in total. The van der Waals surface area contributed by atoms with Crippen LogP contribution < -0.4 is 4.74 Å². The van der Waals surface area contributed by atoms with Crippen molar-refractivity contribution in [3.05, 3.63) is 27.8 Å². The fourth-order valence-corrected chi connectivity index (χ4v) is 2.65. The maximum Gasteiger partial charge on any atom is 0.119 e. The number of likely N-dealkylation sites (tertiary alicyclic amines) is 1. The molecule has 1 aromatic rings. The molecule has 1 saturated heterocycles. The number of rotatable bonds is 4. The Hall–Kier alpha value is -0.290. The Labute approximate surface area is 117 Å². The SMILES string of the molecule is CC(CN1CCCCC1)Oc1ccc(I)cc1. The van der Waals surface area contributed by atoms with Gasteiger partial charge >= 0.3 is 0 Å². The molecular weight excluding hydrogens is 325 g/mol. The van der Waals surface area contributed by atoms with Gasteiger partial charge in [-0.05, 0) is 79.7 Å². The molecule has 3 heteroatoms. The van der Waals surface area contributed by atoms with Crippen molar-refractivity contribution in [3.63, 3.8) is 0 Å². The highest BCUT2D eigenvalue weighted by Crippen LogP contribution is 2.16. The second kappa shape index (κ2) is 6.59. The number of benzene rings is 1. The van der Waals surface area contributed by atoms with Crippen molar-refractivity contribution < 1.29 is 4.74 Å². The Bertz CT molecular complexity index is 333. The van der Waals surface area contributed by atoms with Crippen LogP contribution in [0.5, 0.6) is 5.75 Å². The molecule has 0 N–H and O–H groups in total. The van der Waals surface area contributed by atoms with Crippen LogP contribution in [0.3, 0.4) is 0 Å². The lowest BCUT2D eigenvalue weighted by Gasteiger charge is -2.29. The molecule has 0 spiro atoms. The van der Waals surface area contributed by atoms with Crippen LogP contribution in [0.2, 0.25) is 0 Å². The molecule has 1 aromatic carbocycles. The summed E-state index contributed by atoms with van der Waals surface area (Å²) in [7, 11) is 0. The third kappa shape index (κ3) is 4.47. The van der Waals surface area contributed by atoms with Gasteiger partial charge in [0.05, 0.1) is 0 Å². The van der Waals surface area contributed by atoms with Gasteiger partial charge in [0.1, 0.15) is 11.9 Å². The number of ether oxygens (including phenoxy) is 1. The molecule has 1 fully saturated rings. The van der Waals surface area contributed by atoms with Crippen molar-refractivity contribution in [2.75, 3.05) is 19.6 Å². The second-order valence-electron chi connectivity index (χ2n) is 4.74. The number of nitrogens with zero attached hydrogens (tertiary/aromatic N) is 1. The monoisotopic (exact) mass is 345 g/mol. The van der Waals surface area contributed by atoms with E-state index in [1.54, 1.807) is 0 Å². The first-order valence-corrected chi connectivity index (χ1v) is 7.46. The van der Waals surface area contributed by atoms with Crippen LogP contribution in [-0.2, 0) is 0 Å². The topological polar surface area (TPSA) is 12.5 Å². The van der Waals surface area contributed by atoms with Crippen LogP contribution >= 0.6 is 22.6 Å². The molecule has 0 aliphatic carbocycles.